The molecule has 6 heteroatoms. The maximum absolute atomic E-state index is 12.3. The number of hydrogen-bond acceptors (Lipinski definition) is 4. The minimum Gasteiger partial charge on any atom is -0.341 e. The first-order valence-corrected chi connectivity index (χ1v) is 6.78. The maximum Gasteiger partial charge on any atom is 0.257 e. The molecule has 1 heterocycles. The predicted octanol–water partition coefficient (Wildman–Crippen LogP) is 2.00. The van der Waals surface area contributed by atoms with E-state index in [0.29, 0.717) is 17.3 Å². The summed E-state index contributed by atoms with van der Waals surface area (Å²) in [6.45, 7) is 0.801. The smallest absolute Gasteiger partial charge is 0.257 e. The number of carbonyl (C=O) groups excluding carboxylic acids is 1. The SMILES string of the molecule is CN(CC1CCC1)C(=O)c1cc(Br)cnc1NN. The molecule has 0 radical (unpaired) electrons. The summed E-state index contributed by atoms with van der Waals surface area (Å²) in [5, 5.41) is 0. The van der Waals surface area contributed by atoms with E-state index in [4.69, 9.17) is 5.84 Å². The summed E-state index contributed by atoms with van der Waals surface area (Å²) < 4.78 is 0.766. The molecule has 18 heavy (non-hydrogen) atoms. The molecular formula is C12H17BrN4O. The first-order valence-electron chi connectivity index (χ1n) is 5.99. The standard InChI is InChI=1S/C12H17BrN4O/c1-17(7-8-3-2-4-8)12(18)10-5-9(13)6-15-11(10)16-14/h5-6,8H,2-4,7,14H2,1H3,(H,15,16). The largest absolute Gasteiger partial charge is 0.341 e. The van der Waals surface area contributed by atoms with Gasteiger partial charge in [0.1, 0.15) is 0 Å². The quantitative estimate of drug-likeness (QED) is 0.659. The topological polar surface area (TPSA) is 71.2 Å². The monoisotopic (exact) mass is 312 g/mol. The van der Waals surface area contributed by atoms with Crippen molar-refractivity contribution >= 4 is 27.7 Å². The van der Waals surface area contributed by atoms with Gasteiger partial charge in [0.05, 0.1) is 5.56 Å². The minimum absolute atomic E-state index is 0.0522. The summed E-state index contributed by atoms with van der Waals surface area (Å²) in [6, 6.07) is 1.74. The summed E-state index contributed by atoms with van der Waals surface area (Å²) in [7, 11) is 1.82. The Morgan fingerprint density at radius 1 is 1.67 bits per heavy atom. The van der Waals surface area contributed by atoms with Crippen molar-refractivity contribution in [3.63, 3.8) is 0 Å². The summed E-state index contributed by atoms with van der Waals surface area (Å²) >= 11 is 3.32. The van der Waals surface area contributed by atoms with Crippen molar-refractivity contribution in [2.75, 3.05) is 19.0 Å². The van der Waals surface area contributed by atoms with Crippen LogP contribution in [0.1, 0.15) is 29.6 Å². The molecule has 0 bridgehead atoms. The second-order valence-corrected chi connectivity index (χ2v) is 5.59. The first-order chi connectivity index (χ1) is 8.61. The molecule has 1 amide bonds. The Bertz CT molecular complexity index is 448. The van der Waals surface area contributed by atoms with E-state index in [1.807, 2.05) is 7.05 Å². The molecule has 1 aromatic heterocycles. The molecule has 0 spiro atoms. The summed E-state index contributed by atoms with van der Waals surface area (Å²) in [5.74, 6) is 6.38. The highest BCUT2D eigenvalue weighted by Gasteiger charge is 2.23. The lowest BCUT2D eigenvalue weighted by atomic mass is 9.85. The Kier molecular flexibility index (Phi) is 4.19. The van der Waals surface area contributed by atoms with Crippen LogP contribution in [0.15, 0.2) is 16.7 Å². The van der Waals surface area contributed by atoms with E-state index in [9.17, 15) is 4.79 Å². The number of nitrogens with one attached hydrogen (secondary N) is 1. The van der Waals surface area contributed by atoms with E-state index in [-0.39, 0.29) is 5.91 Å². The second-order valence-electron chi connectivity index (χ2n) is 4.68. The van der Waals surface area contributed by atoms with E-state index >= 15 is 0 Å². The van der Waals surface area contributed by atoms with Gasteiger partial charge >= 0.3 is 0 Å². The number of rotatable bonds is 4. The van der Waals surface area contributed by atoms with Crippen molar-refractivity contribution in [3.8, 4) is 0 Å². The average molecular weight is 313 g/mol. The number of nitrogens with two attached hydrogens (primary N) is 1. The molecule has 1 aliphatic rings. The number of pyridine rings is 1. The number of nitrogen functional groups attached to an aromatic ring is 1. The lowest BCUT2D eigenvalue weighted by Crippen LogP contribution is -2.35. The van der Waals surface area contributed by atoms with Gasteiger partial charge in [0.2, 0.25) is 0 Å². The highest BCUT2D eigenvalue weighted by Crippen LogP contribution is 2.27. The number of carbonyl (C=O) groups is 1. The Balaban J connectivity index is 2.13. The summed E-state index contributed by atoms with van der Waals surface area (Å²) in [4.78, 5) is 18.1. The van der Waals surface area contributed by atoms with Gasteiger partial charge < -0.3 is 10.3 Å². The van der Waals surface area contributed by atoms with Crippen LogP contribution in [0.25, 0.3) is 0 Å². The predicted molar refractivity (Wildman–Crippen MR) is 74.0 cm³/mol. The van der Waals surface area contributed by atoms with Gasteiger partial charge in [0.25, 0.3) is 5.91 Å². The fourth-order valence-corrected chi connectivity index (χ4v) is 2.40. The van der Waals surface area contributed by atoms with Gasteiger partial charge in [0, 0.05) is 24.3 Å². The molecule has 1 saturated carbocycles. The third kappa shape index (κ3) is 2.81. The molecule has 0 aromatic carbocycles. The second kappa shape index (κ2) is 5.67. The molecule has 5 nitrogen and oxygen atoms in total. The van der Waals surface area contributed by atoms with E-state index in [0.717, 1.165) is 11.0 Å². The number of aromatic nitrogens is 1. The summed E-state index contributed by atoms with van der Waals surface area (Å²) in [5.41, 5.74) is 2.95. The van der Waals surface area contributed by atoms with Gasteiger partial charge in [-0.3, -0.25) is 4.79 Å². The van der Waals surface area contributed by atoms with Crippen LogP contribution in [0.4, 0.5) is 5.82 Å². The average Bonchev–Trinajstić information content (AvgIpc) is 2.32. The highest BCUT2D eigenvalue weighted by molar-refractivity contribution is 9.10. The number of anilines is 1. The molecule has 0 atom stereocenters. The molecule has 1 aromatic rings. The molecule has 1 aliphatic carbocycles. The van der Waals surface area contributed by atoms with Gasteiger partial charge in [-0.2, -0.15) is 0 Å². The van der Waals surface area contributed by atoms with E-state index in [1.54, 1.807) is 17.2 Å². The number of amides is 1. The van der Waals surface area contributed by atoms with E-state index < -0.39 is 0 Å². The molecule has 2 rings (SSSR count). The van der Waals surface area contributed by atoms with Crippen molar-refractivity contribution in [2.45, 2.75) is 19.3 Å². The van der Waals surface area contributed by atoms with Gasteiger partial charge in [-0.1, -0.05) is 6.42 Å². The molecule has 1 fully saturated rings. The zero-order chi connectivity index (χ0) is 13.1. The Morgan fingerprint density at radius 3 is 2.94 bits per heavy atom. The molecule has 3 N–H and O–H groups in total. The van der Waals surface area contributed by atoms with Crippen LogP contribution in [-0.4, -0.2) is 29.4 Å². The van der Waals surface area contributed by atoms with Gasteiger partial charge in [0.15, 0.2) is 5.82 Å². The third-order valence-corrected chi connectivity index (χ3v) is 3.76. The van der Waals surface area contributed by atoms with Crippen molar-refractivity contribution in [1.82, 2.24) is 9.88 Å². The van der Waals surface area contributed by atoms with Gasteiger partial charge in [-0.15, -0.1) is 0 Å². The lowest BCUT2D eigenvalue weighted by molar-refractivity contribution is 0.0745. The number of hydrogen-bond donors (Lipinski definition) is 2. The Labute approximate surface area is 115 Å². The Morgan fingerprint density at radius 2 is 2.39 bits per heavy atom. The number of halogens is 1. The van der Waals surface area contributed by atoms with Gasteiger partial charge in [-0.25, -0.2) is 10.8 Å². The van der Waals surface area contributed by atoms with Crippen LogP contribution in [0.2, 0.25) is 0 Å². The molecule has 0 unspecified atom stereocenters. The zero-order valence-corrected chi connectivity index (χ0v) is 11.9. The molecule has 0 saturated heterocycles. The fourth-order valence-electron chi connectivity index (χ4n) is 2.07. The van der Waals surface area contributed by atoms with E-state index in [2.05, 4.69) is 26.3 Å². The number of hydrazine groups is 1. The Hall–Kier alpha value is -1.14. The number of nitrogens with zero attached hydrogens (tertiary/aromatic N) is 2. The van der Waals surface area contributed by atoms with E-state index in [1.165, 1.54) is 19.3 Å². The van der Waals surface area contributed by atoms with Crippen molar-refractivity contribution in [2.24, 2.45) is 11.8 Å². The van der Waals surface area contributed by atoms with Crippen LogP contribution < -0.4 is 11.3 Å². The van der Waals surface area contributed by atoms with Crippen molar-refractivity contribution in [1.29, 1.82) is 0 Å². The summed E-state index contributed by atoms with van der Waals surface area (Å²) in [6.07, 6.45) is 5.32. The lowest BCUT2D eigenvalue weighted by Gasteiger charge is -2.30. The fraction of sp³-hybridized carbons (Fsp3) is 0.500. The third-order valence-electron chi connectivity index (χ3n) is 3.32. The molecule has 98 valence electrons. The zero-order valence-electron chi connectivity index (χ0n) is 10.3. The van der Waals surface area contributed by atoms with Gasteiger partial charge in [-0.05, 0) is 40.8 Å². The van der Waals surface area contributed by atoms with Crippen molar-refractivity contribution in [3.05, 3.63) is 22.3 Å². The molecular weight excluding hydrogens is 296 g/mol. The maximum atomic E-state index is 12.3. The van der Waals surface area contributed by atoms with Crippen LogP contribution in [0.5, 0.6) is 0 Å². The highest BCUT2D eigenvalue weighted by atomic mass is 79.9. The molecule has 0 aliphatic heterocycles. The van der Waals surface area contributed by atoms with Crippen molar-refractivity contribution < 1.29 is 4.79 Å². The van der Waals surface area contributed by atoms with Crippen LogP contribution in [-0.2, 0) is 0 Å². The normalized spacial score (nSPS) is 15.1. The van der Waals surface area contributed by atoms with Crippen LogP contribution in [0.3, 0.4) is 0 Å². The first kappa shape index (κ1) is 13.3. The minimum atomic E-state index is -0.0522. The van der Waals surface area contributed by atoms with Crippen LogP contribution >= 0.6 is 15.9 Å². The van der Waals surface area contributed by atoms with Crippen LogP contribution in [0, 0.1) is 5.92 Å².